The number of rotatable bonds is 6. The lowest BCUT2D eigenvalue weighted by Gasteiger charge is -2.09. The average Bonchev–Trinajstić information content (AvgIpc) is 2.94. The topological polar surface area (TPSA) is 66.4 Å². The number of hydrogen-bond donors (Lipinski definition) is 2. The molecule has 0 atom stereocenters. The van der Waals surface area contributed by atoms with Crippen LogP contribution >= 0.6 is 23.1 Å². The van der Waals surface area contributed by atoms with Crippen LogP contribution in [-0.4, -0.2) is 22.7 Å². The van der Waals surface area contributed by atoms with E-state index in [1.807, 2.05) is 17.5 Å². The van der Waals surface area contributed by atoms with Crippen molar-refractivity contribution in [1.29, 1.82) is 0 Å². The summed E-state index contributed by atoms with van der Waals surface area (Å²) in [4.78, 5) is 23.9. The Bertz CT molecular complexity index is 644. The van der Waals surface area contributed by atoms with Crippen LogP contribution in [0.5, 0.6) is 0 Å². The third-order valence-corrected chi connectivity index (χ3v) is 4.61. The molecule has 0 aliphatic heterocycles. The van der Waals surface area contributed by atoms with Crippen LogP contribution in [0.1, 0.15) is 15.2 Å². The number of halogens is 1. The van der Waals surface area contributed by atoms with E-state index in [4.69, 9.17) is 5.11 Å². The number of amides is 1. The standard InChI is InChI=1S/C14H12FNO3S2/c15-11-5-1-4-10(14(18)19)13(11)16-12(17)8-20-7-9-3-2-6-21-9/h1-6H,7-8H2,(H,16,17)(H,18,19). The van der Waals surface area contributed by atoms with Crippen molar-refractivity contribution in [3.63, 3.8) is 0 Å². The van der Waals surface area contributed by atoms with Crippen LogP contribution in [0.15, 0.2) is 35.7 Å². The Balaban J connectivity index is 1.95. The van der Waals surface area contributed by atoms with E-state index in [0.717, 1.165) is 10.9 Å². The molecule has 1 heterocycles. The van der Waals surface area contributed by atoms with Gasteiger partial charge in [0, 0.05) is 10.6 Å². The molecule has 1 aromatic carbocycles. The van der Waals surface area contributed by atoms with Crippen LogP contribution in [0.2, 0.25) is 0 Å². The summed E-state index contributed by atoms with van der Waals surface area (Å²) in [5, 5.41) is 13.3. The molecule has 110 valence electrons. The third-order valence-electron chi connectivity index (χ3n) is 2.57. The van der Waals surface area contributed by atoms with Crippen LogP contribution in [0, 0.1) is 5.82 Å². The molecule has 0 spiro atoms. The van der Waals surface area contributed by atoms with Gasteiger partial charge in [0.05, 0.1) is 17.0 Å². The van der Waals surface area contributed by atoms with Crippen molar-refractivity contribution >= 4 is 40.7 Å². The number of benzene rings is 1. The predicted molar refractivity (Wildman–Crippen MR) is 82.5 cm³/mol. The Morgan fingerprint density at radius 2 is 2.10 bits per heavy atom. The van der Waals surface area contributed by atoms with Gasteiger partial charge in [-0.3, -0.25) is 4.79 Å². The van der Waals surface area contributed by atoms with Crippen LogP contribution in [0.25, 0.3) is 0 Å². The minimum atomic E-state index is -1.28. The molecule has 0 aliphatic carbocycles. The van der Waals surface area contributed by atoms with Gasteiger partial charge in [0.25, 0.3) is 0 Å². The zero-order chi connectivity index (χ0) is 15.2. The maximum absolute atomic E-state index is 13.6. The summed E-state index contributed by atoms with van der Waals surface area (Å²) >= 11 is 2.98. The van der Waals surface area contributed by atoms with Gasteiger partial charge in [0.1, 0.15) is 5.82 Å². The molecule has 0 fully saturated rings. The molecule has 0 radical (unpaired) electrons. The van der Waals surface area contributed by atoms with E-state index in [9.17, 15) is 14.0 Å². The fourth-order valence-electron chi connectivity index (χ4n) is 1.64. The maximum Gasteiger partial charge on any atom is 0.337 e. The lowest BCUT2D eigenvalue weighted by Crippen LogP contribution is -2.18. The molecule has 4 nitrogen and oxygen atoms in total. The molecule has 2 N–H and O–H groups in total. The highest BCUT2D eigenvalue weighted by molar-refractivity contribution is 7.99. The first-order valence-electron chi connectivity index (χ1n) is 5.99. The van der Waals surface area contributed by atoms with E-state index in [1.165, 1.54) is 23.9 Å². The quantitative estimate of drug-likeness (QED) is 0.853. The zero-order valence-corrected chi connectivity index (χ0v) is 12.5. The van der Waals surface area contributed by atoms with Crippen LogP contribution in [0.3, 0.4) is 0 Å². The zero-order valence-electron chi connectivity index (χ0n) is 10.8. The fraction of sp³-hybridized carbons (Fsp3) is 0.143. The average molecular weight is 325 g/mol. The molecular weight excluding hydrogens is 313 g/mol. The van der Waals surface area contributed by atoms with Crippen LogP contribution in [0.4, 0.5) is 10.1 Å². The van der Waals surface area contributed by atoms with Crippen molar-refractivity contribution in [3.8, 4) is 0 Å². The Kier molecular flexibility index (Phi) is 5.35. The Labute approximate surface area is 129 Å². The second-order valence-corrected chi connectivity index (χ2v) is 6.11. The highest BCUT2D eigenvalue weighted by Crippen LogP contribution is 2.21. The SMILES string of the molecule is O=C(CSCc1cccs1)Nc1c(F)cccc1C(=O)O. The summed E-state index contributed by atoms with van der Waals surface area (Å²) in [6, 6.07) is 7.55. The second kappa shape index (κ2) is 7.24. The molecule has 21 heavy (non-hydrogen) atoms. The molecule has 1 aromatic heterocycles. The summed E-state index contributed by atoms with van der Waals surface area (Å²) < 4.78 is 13.6. The number of carboxylic acid groups (broad SMARTS) is 1. The highest BCUT2D eigenvalue weighted by atomic mass is 32.2. The minimum absolute atomic E-state index is 0.130. The first-order valence-corrected chi connectivity index (χ1v) is 8.03. The van der Waals surface area contributed by atoms with Gasteiger partial charge >= 0.3 is 5.97 Å². The molecule has 0 unspecified atom stereocenters. The predicted octanol–water partition coefficient (Wildman–Crippen LogP) is 3.46. The largest absolute Gasteiger partial charge is 0.478 e. The number of thioether (sulfide) groups is 1. The van der Waals surface area contributed by atoms with Gasteiger partial charge in [-0.05, 0) is 23.6 Å². The third kappa shape index (κ3) is 4.30. The number of nitrogens with one attached hydrogen (secondary N) is 1. The first-order chi connectivity index (χ1) is 10.1. The number of carbonyl (C=O) groups is 2. The lowest BCUT2D eigenvalue weighted by molar-refractivity contribution is -0.113. The Morgan fingerprint density at radius 1 is 1.29 bits per heavy atom. The van der Waals surface area contributed by atoms with E-state index in [-0.39, 0.29) is 17.0 Å². The van der Waals surface area contributed by atoms with Crippen molar-refractivity contribution in [3.05, 3.63) is 52.0 Å². The van der Waals surface area contributed by atoms with Gasteiger partial charge < -0.3 is 10.4 Å². The monoisotopic (exact) mass is 325 g/mol. The summed E-state index contributed by atoms with van der Waals surface area (Å²) in [6.07, 6.45) is 0. The van der Waals surface area contributed by atoms with Crippen molar-refractivity contribution in [1.82, 2.24) is 0 Å². The van der Waals surface area contributed by atoms with E-state index in [2.05, 4.69) is 5.32 Å². The normalized spacial score (nSPS) is 10.3. The van der Waals surface area contributed by atoms with Crippen molar-refractivity contribution < 1.29 is 19.1 Å². The van der Waals surface area contributed by atoms with Gasteiger partial charge in [-0.1, -0.05) is 12.1 Å². The minimum Gasteiger partial charge on any atom is -0.478 e. The van der Waals surface area contributed by atoms with Crippen molar-refractivity contribution in [2.24, 2.45) is 0 Å². The number of carbonyl (C=O) groups excluding carboxylic acids is 1. The number of aromatic carboxylic acids is 1. The van der Waals surface area contributed by atoms with Gasteiger partial charge in [-0.2, -0.15) is 0 Å². The Morgan fingerprint density at radius 3 is 2.76 bits per heavy atom. The van der Waals surface area contributed by atoms with E-state index in [0.29, 0.717) is 5.75 Å². The molecule has 7 heteroatoms. The number of para-hydroxylation sites is 1. The van der Waals surface area contributed by atoms with E-state index < -0.39 is 17.7 Å². The first kappa shape index (κ1) is 15.5. The Hall–Kier alpha value is -1.86. The second-order valence-electron chi connectivity index (χ2n) is 4.09. The van der Waals surface area contributed by atoms with E-state index in [1.54, 1.807) is 11.3 Å². The number of carboxylic acids is 1. The fourth-order valence-corrected chi connectivity index (χ4v) is 3.31. The van der Waals surface area contributed by atoms with Crippen molar-refractivity contribution in [2.45, 2.75) is 5.75 Å². The van der Waals surface area contributed by atoms with Crippen LogP contribution < -0.4 is 5.32 Å². The molecule has 1 amide bonds. The summed E-state index contributed by atoms with van der Waals surface area (Å²) in [5.41, 5.74) is -0.543. The number of hydrogen-bond acceptors (Lipinski definition) is 4. The lowest BCUT2D eigenvalue weighted by atomic mass is 10.1. The highest BCUT2D eigenvalue weighted by Gasteiger charge is 2.16. The summed E-state index contributed by atoms with van der Waals surface area (Å²) in [5.74, 6) is -1.65. The summed E-state index contributed by atoms with van der Waals surface area (Å²) in [6.45, 7) is 0. The van der Waals surface area contributed by atoms with E-state index >= 15 is 0 Å². The smallest absolute Gasteiger partial charge is 0.337 e. The maximum atomic E-state index is 13.6. The van der Waals surface area contributed by atoms with Crippen molar-refractivity contribution in [2.75, 3.05) is 11.1 Å². The van der Waals surface area contributed by atoms with Crippen LogP contribution in [-0.2, 0) is 10.5 Å². The molecule has 0 aliphatic rings. The molecule has 0 bridgehead atoms. The van der Waals surface area contributed by atoms with Gasteiger partial charge in [-0.15, -0.1) is 23.1 Å². The van der Waals surface area contributed by atoms with Gasteiger partial charge in [0.2, 0.25) is 5.91 Å². The molecule has 0 saturated carbocycles. The molecule has 2 aromatic rings. The molecule has 2 rings (SSSR count). The molecule has 0 saturated heterocycles. The number of thiophene rings is 1. The van der Waals surface area contributed by atoms with Gasteiger partial charge in [-0.25, -0.2) is 9.18 Å². The molecular formula is C14H12FNO3S2. The van der Waals surface area contributed by atoms with Gasteiger partial charge in [0.15, 0.2) is 0 Å². The number of anilines is 1. The summed E-state index contributed by atoms with van der Waals surface area (Å²) in [7, 11) is 0.